The minimum Gasteiger partial charge on any atom is -0.474 e. The Kier molecular flexibility index (Phi) is 3.96. The SMILES string of the molecule is COC(C)(C)n1cc(-c2ccc3nc(OC4CC4)ccc3c2)c2c(N)ncnc21. The first-order valence-electron chi connectivity index (χ1n) is 9.71. The van der Waals surface area contributed by atoms with Gasteiger partial charge in [0, 0.05) is 30.3 Å². The fraction of sp³-hybridized carbons (Fsp3) is 0.318. The first-order valence-corrected chi connectivity index (χ1v) is 9.71. The molecule has 2 N–H and O–H groups in total. The van der Waals surface area contributed by atoms with E-state index in [0.717, 1.165) is 45.9 Å². The summed E-state index contributed by atoms with van der Waals surface area (Å²) in [6.45, 7) is 3.97. The number of methoxy groups -OCH3 is 1. The molecular formula is C22H23N5O2. The van der Waals surface area contributed by atoms with Gasteiger partial charge >= 0.3 is 0 Å². The Morgan fingerprint density at radius 1 is 1.14 bits per heavy atom. The van der Waals surface area contributed by atoms with Crippen molar-refractivity contribution >= 4 is 27.8 Å². The number of nitrogen functional groups attached to an aromatic ring is 1. The number of benzene rings is 1. The average Bonchev–Trinajstić information content (AvgIpc) is 3.44. The molecule has 4 aromatic rings. The van der Waals surface area contributed by atoms with Gasteiger partial charge in [0.25, 0.3) is 0 Å². The summed E-state index contributed by atoms with van der Waals surface area (Å²) in [5.41, 5.74) is 9.29. The summed E-state index contributed by atoms with van der Waals surface area (Å²) in [6.07, 6.45) is 6.07. The Morgan fingerprint density at radius 3 is 2.72 bits per heavy atom. The van der Waals surface area contributed by atoms with Crippen molar-refractivity contribution in [2.75, 3.05) is 12.8 Å². The molecule has 0 saturated heterocycles. The van der Waals surface area contributed by atoms with Crippen LogP contribution in [-0.4, -0.2) is 32.7 Å². The fourth-order valence-electron chi connectivity index (χ4n) is 3.51. The van der Waals surface area contributed by atoms with Crippen molar-refractivity contribution in [1.29, 1.82) is 0 Å². The molecule has 0 atom stereocenters. The summed E-state index contributed by atoms with van der Waals surface area (Å²) in [5.74, 6) is 1.13. The lowest BCUT2D eigenvalue weighted by atomic mass is 10.0. The number of nitrogens with two attached hydrogens (primary N) is 1. The van der Waals surface area contributed by atoms with Gasteiger partial charge in [0.15, 0.2) is 0 Å². The third-order valence-corrected chi connectivity index (χ3v) is 5.48. The van der Waals surface area contributed by atoms with Gasteiger partial charge in [-0.05, 0) is 50.5 Å². The Hall–Kier alpha value is -3.19. The van der Waals surface area contributed by atoms with Crippen LogP contribution in [0.4, 0.5) is 5.82 Å². The number of fused-ring (bicyclic) bond motifs is 2. The van der Waals surface area contributed by atoms with Gasteiger partial charge in [0.1, 0.15) is 29.6 Å². The lowest BCUT2D eigenvalue weighted by Crippen LogP contribution is -2.27. The Morgan fingerprint density at radius 2 is 1.97 bits per heavy atom. The molecule has 148 valence electrons. The summed E-state index contributed by atoms with van der Waals surface area (Å²) in [6, 6.07) is 10.1. The van der Waals surface area contributed by atoms with Crippen LogP contribution in [-0.2, 0) is 10.5 Å². The zero-order valence-corrected chi connectivity index (χ0v) is 16.7. The number of rotatable bonds is 5. The predicted molar refractivity (Wildman–Crippen MR) is 113 cm³/mol. The molecule has 7 nitrogen and oxygen atoms in total. The van der Waals surface area contributed by atoms with Crippen LogP contribution >= 0.6 is 0 Å². The maximum atomic E-state index is 6.24. The highest BCUT2D eigenvalue weighted by atomic mass is 16.5. The van der Waals surface area contributed by atoms with Gasteiger partial charge in [0.05, 0.1) is 10.9 Å². The second-order valence-electron chi connectivity index (χ2n) is 7.90. The number of hydrogen-bond donors (Lipinski definition) is 1. The van der Waals surface area contributed by atoms with E-state index < -0.39 is 5.72 Å². The molecule has 1 saturated carbocycles. The molecule has 3 heterocycles. The van der Waals surface area contributed by atoms with Gasteiger partial charge in [-0.25, -0.2) is 15.0 Å². The molecule has 0 amide bonds. The van der Waals surface area contributed by atoms with E-state index in [4.69, 9.17) is 15.2 Å². The molecule has 0 unspecified atom stereocenters. The molecule has 7 heteroatoms. The van der Waals surface area contributed by atoms with E-state index in [9.17, 15) is 0 Å². The van der Waals surface area contributed by atoms with Crippen LogP contribution in [0, 0.1) is 0 Å². The van der Waals surface area contributed by atoms with E-state index in [1.54, 1.807) is 7.11 Å². The van der Waals surface area contributed by atoms with E-state index in [1.807, 2.05) is 48.9 Å². The van der Waals surface area contributed by atoms with Crippen LogP contribution in [0.1, 0.15) is 26.7 Å². The predicted octanol–water partition coefficient (Wildman–Crippen LogP) is 4.11. The maximum Gasteiger partial charge on any atom is 0.214 e. The lowest BCUT2D eigenvalue weighted by Gasteiger charge is -2.25. The monoisotopic (exact) mass is 389 g/mol. The quantitative estimate of drug-likeness (QED) is 0.553. The molecule has 5 rings (SSSR count). The molecule has 0 aliphatic heterocycles. The number of anilines is 1. The fourth-order valence-corrected chi connectivity index (χ4v) is 3.51. The van der Waals surface area contributed by atoms with Crippen LogP contribution in [0.5, 0.6) is 5.88 Å². The number of hydrogen-bond acceptors (Lipinski definition) is 6. The second-order valence-corrected chi connectivity index (χ2v) is 7.90. The normalized spacial score (nSPS) is 14.6. The van der Waals surface area contributed by atoms with Crippen LogP contribution in [0.2, 0.25) is 0 Å². The number of ether oxygens (including phenoxy) is 2. The average molecular weight is 389 g/mol. The summed E-state index contributed by atoms with van der Waals surface area (Å²) in [7, 11) is 1.68. The standard InChI is InChI=1S/C22H23N5O2/c1-22(2,28-3)27-11-16(19-20(23)24-12-25-21(19)27)13-4-8-17-14(10-13)5-9-18(26-17)29-15-6-7-15/h4-5,8-12,15H,6-7H2,1-3H3,(H2,23,24,25). The van der Waals surface area contributed by atoms with Crippen molar-refractivity contribution in [1.82, 2.24) is 19.5 Å². The lowest BCUT2D eigenvalue weighted by molar-refractivity contribution is -0.0417. The van der Waals surface area contributed by atoms with E-state index >= 15 is 0 Å². The number of aromatic nitrogens is 4. The summed E-state index contributed by atoms with van der Waals surface area (Å²) < 4.78 is 13.5. The second kappa shape index (κ2) is 6.42. The van der Waals surface area contributed by atoms with Crippen molar-refractivity contribution in [3.63, 3.8) is 0 Å². The third-order valence-electron chi connectivity index (χ3n) is 5.48. The summed E-state index contributed by atoms with van der Waals surface area (Å²) in [5, 5.41) is 1.85. The van der Waals surface area contributed by atoms with Crippen molar-refractivity contribution < 1.29 is 9.47 Å². The van der Waals surface area contributed by atoms with Gasteiger partial charge < -0.3 is 19.8 Å². The molecule has 1 fully saturated rings. The smallest absolute Gasteiger partial charge is 0.214 e. The molecule has 29 heavy (non-hydrogen) atoms. The van der Waals surface area contributed by atoms with E-state index in [0.29, 0.717) is 17.8 Å². The van der Waals surface area contributed by atoms with E-state index in [1.165, 1.54) is 6.33 Å². The Bertz CT molecular complexity index is 1230. The molecule has 1 aromatic carbocycles. The largest absolute Gasteiger partial charge is 0.474 e. The molecule has 1 aliphatic rings. The minimum atomic E-state index is -0.579. The first kappa shape index (κ1) is 17.9. The van der Waals surface area contributed by atoms with E-state index in [2.05, 4.69) is 21.0 Å². The van der Waals surface area contributed by atoms with Crippen LogP contribution in [0.15, 0.2) is 42.9 Å². The van der Waals surface area contributed by atoms with Gasteiger partial charge in [0.2, 0.25) is 5.88 Å². The van der Waals surface area contributed by atoms with Crippen molar-refractivity contribution in [2.45, 2.75) is 38.5 Å². The molecule has 1 aliphatic carbocycles. The zero-order chi connectivity index (χ0) is 20.2. The topological polar surface area (TPSA) is 88.1 Å². The molecule has 0 bridgehead atoms. The van der Waals surface area contributed by atoms with Gasteiger partial charge in [-0.1, -0.05) is 6.07 Å². The van der Waals surface area contributed by atoms with Gasteiger partial charge in [-0.2, -0.15) is 0 Å². The highest BCUT2D eigenvalue weighted by molar-refractivity contribution is 6.02. The Balaban J connectivity index is 1.65. The number of nitrogens with zero attached hydrogens (tertiary/aromatic N) is 4. The third kappa shape index (κ3) is 3.07. The maximum absolute atomic E-state index is 6.24. The van der Waals surface area contributed by atoms with Crippen molar-refractivity contribution in [3.05, 3.63) is 42.9 Å². The van der Waals surface area contributed by atoms with Crippen LogP contribution in [0.3, 0.4) is 0 Å². The zero-order valence-electron chi connectivity index (χ0n) is 16.7. The molecular weight excluding hydrogens is 366 g/mol. The van der Waals surface area contributed by atoms with Crippen LogP contribution in [0.25, 0.3) is 33.1 Å². The van der Waals surface area contributed by atoms with Gasteiger partial charge in [-0.3, -0.25) is 0 Å². The summed E-state index contributed by atoms with van der Waals surface area (Å²) in [4.78, 5) is 13.3. The van der Waals surface area contributed by atoms with Crippen molar-refractivity contribution in [3.8, 4) is 17.0 Å². The minimum absolute atomic E-state index is 0.331. The molecule has 0 spiro atoms. The summed E-state index contributed by atoms with van der Waals surface area (Å²) >= 11 is 0. The Labute approximate surface area is 168 Å². The molecule has 0 radical (unpaired) electrons. The number of pyridine rings is 1. The highest BCUT2D eigenvalue weighted by Gasteiger charge is 2.26. The molecule has 3 aromatic heterocycles. The first-order chi connectivity index (χ1) is 14.0. The van der Waals surface area contributed by atoms with Crippen molar-refractivity contribution in [2.24, 2.45) is 0 Å². The highest BCUT2D eigenvalue weighted by Crippen LogP contribution is 2.37. The van der Waals surface area contributed by atoms with Crippen LogP contribution < -0.4 is 10.5 Å². The van der Waals surface area contributed by atoms with Gasteiger partial charge in [-0.15, -0.1) is 0 Å². The van der Waals surface area contributed by atoms with E-state index in [-0.39, 0.29) is 0 Å².